The van der Waals surface area contributed by atoms with Crippen LogP contribution >= 0.6 is 0 Å². The molecule has 2 aliphatic rings. The third kappa shape index (κ3) is 1.93. The highest BCUT2D eigenvalue weighted by Crippen LogP contribution is 2.56. The maximum atomic E-state index is 11.6. The van der Waals surface area contributed by atoms with Gasteiger partial charge in [-0.3, -0.25) is 4.79 Å². The molecule has 13 heavy (non-hydrogen) atoms. The second-order valence-electron chi connectivity index (χ2n) is 5.13. The van der Waals surface area contributed by atoms with Gasteiger partial charge in [-0.25, -0.2) is 0 Å². The van der Waals surface area contributed by atoms with Gasteiger partial charge in [0.2, 0.25) is 0 Å². The van der Waals surface area contributed by atoms with E-state index in [1.807, 2.05) is 0 Å². The fraction of sp³-hybridized carbons (Fsp3) is 0.909. The molecule has 0 aromatic rings. The van der Waals surface area contributed by atoms with Gasteiger partial charge in [0.25, 0.3) is 0 Å². The van der Waals surface area contributed by atoms with Crippen LogP contribution in [-0.2, 0) is 4.79 Å². The average Bonchev–Trinajstić information content (AvgIpc) is 2.78. The quantitative estimate of drug-likeness (QED) is 0.646. The zero-order chi connectivity index (χ0) is 9.47. The van der Waals surface area contributed by atoms with E-state index in [-0.39, 0.29) is 0 Å². The molecule has 1 unspecified atom stereocenters. The van der Waals surface area contributed by atoms with Crippen molar-refractivity contribution in [2.45, 2.75) is 32.1 Å². The number of rotatable bonds is 2. The van der Waals surface area contributed by atoms with Crippen molar-refractivity contribution in [3.8, 4) is 0 Å². The van der Waals surface area contributed by atoms with Gasteiger partial charge in [-0.05, 0) is 45.2 Å². The Morgan fingerprint density at radius 3 is 2.62 bits per heavy atom. The number of hydrogen-bond donors (Lipinski definition) is 0. The largest absolute Gasteiger partial charge is 0.309 e. The predicted molar refractivity (Wildman–Crippen MR) is 52.6 cm³/mol. The van der Waals surface area contributed by atoms with E-state index in [0.29, 0.717) is 17.1 Å². The zero-order valence-electron chi connectivity index (χ0n) is 8.68. The first-order chi connectivity index (χ1) is 6.11. The highest BCUT2D eigenvalue weighted by atomic mass is 16.1. The summed E-state index contributed by atoms with van der Waals surface area (Å²) in [5, 5.41) is 0. The number of carbonyl (C=O) groups is 1. The third-order valence-corrected chi connectivity index (χ3v) is 3.58. The predicted octanol–water partition coefficient (Wildman–Crippen LogP) is 1.70. The van der Waals surface area contributed by atoms with Crippen LogP contribution < -0.4 is 0 Å². The van der Waals surface area contributed by atoms with E-state index in [0.717, 1.165) is 13.0 Å². The summed E-state index contributed by atoms with van der Waals surface area (Å²) in [6.45, 7) is 0.959. The molecule has 0 N–H and O–H groups in total. The molecule has 0 bridgehead atoms. The normalized spacial score (nSPS) is 31.3. The molecule has 0 saturated heterocycles. The minimum absolute atomic E-state index is 0.339. The van der Waals surface area contributed by atoms with Gasteiger partial charge in [0, 0.05) is 18.9 Å². The van der Waals surface area contributed by atoms with E-state index in [4.69, 9.17) is 0 Å². The highest BCUT2D eigenvalue weighted by Gasteiger charge is 2.48. The smallest absolute Gasteiger partial charge is 0.137 e. The average molecular weight is 181 g/mol. The number of hydrogen-bond acceptors (Lipinski definition) is 2. The SMILES string of the molecule is CN(C)CC1CC2(CCC1=O)CC2. The molecule has 0 aromatic heterocycles. The number of carbonyl (C=O) groups excluding carboxylic acids is 1. The van der Waals surface area contributed by atoms with Crippen molar-refractivity contribution < 1.29 is 4.79 Å². The van der Waals surface area contributed by atoms with Gasteiger partial charge < -0.3 is 4.90 Å². The van der Waals surface area contributed by atoms with Gasteiger partial charge >= 0.3 is 0 Å². The van der Waals surface area contributed by atoms with Gasteiger partial charge in [-0.2, -0.15) is 0 Å². The van der Waals surface area contributed by atoms with E-state index in [9.17, 15) is 4.79 Å². The molecule has 0 radical (unpaired) electrons. The van der Waals surface area contributed by atoms with E-state index in [2.05, 4.69) is 19.0 Å². The Kier molecular flexibility index (Phi) is 2.18. The fourth-order valence-electron chi connectivity index (χ4n) is 2.57. The van der Waals surface area contributed by atoms with Gasteiger partial charge in [-0.15, -0.1) is 0 Å². The van der Waals surface area contributed by atoms with E-state index in [1.165, 1.54) is 25.7 Å². The van der Waals surface area contributed by atoms with E-state index < -0.39 is 0 Å². The van der Waals surface area contributed by atoms with E-state index in [1.54, 1.807) is 0 Å². The Hall–Kier alpha value is -0.370. The Balaban J connectivity index is 1.95. The molecule has 2 saturated carbocycles. The molecule has 74 valence electrons. The molecular weight excluding hydrogens is 162 g/mol. The molecule has 2 aliphatic carbocycles. The Morgan fingerprint density at radius 1 is 1.38 bits per heavy atom. The summed E-state index contributed by atoms with van der Waals surface area (Å²) in [6, 6.07) is 0. The monoisotopic (exact) mass is 181 g/mol. The van der Waals surface area contributed by atoms with E-state index >= 15 is 0 Å². The molecule has 0 heterocycles. The minimum atomic E-state index is 0.339. The van der Waals surface area contributed by atoms with Gasteiger partial charge in [0.15, 0.2) is 0 Å². The first kappa shape index (κ1) is 9.20. The van der Waals surface area contributed by atoms with Crippen LogP contribution in [0.2, 0.25) is 0 Å². The van der Waals surface area contributed by atoms with Crippen LogP contribution in [0.3, 0.4) is 0 Å². The molecule has 0 aromatic carbocycles. The summed E-state index contributed by atoms with van der Waals surface area (Å²) in [4.78, 5) is 13.8. The first-order valence-corrected chi connectivity index (χ1v) is 5.29. The summed E-state index contributed by atoms with van der Waals surface area (Å²) >= 11 is 0. The second kappa shape index (κ2) is 3.09. The molecule has 2 nitrogen and oxygen atoms in total. The van der Waals surface area contributed by atoms with Crippen LogP contribution in [0.5, 0.6) is 0 Å². The fourth-order valence-corrected chi connectivity index (χ4v) is 2.57. The maximum absolute atomic E-state index is 11.6. The summed E-state index contributed by atoms with van der Waals surface area (Å²) < 4.78 is 0. The van der Waals surface area contributed by atoms with Crippen molar-refractivity contribution in [2.75, 3.05) is 20.6 Å². The minimum Gasteiger partial charge on any atom is -0.309 e. The molecule has 2 rings (SSSR count). The van der Waals surface area contributed by atoms with Crippen molar-refractivity contribution >= 4 is 5.78 Å². The Bertz CT molecular complexity index is 218. The third-order valence-electron chi connectivity index (χ3n) is 3.58. The summed E-state index contributed by atoms with van der Waals surface area (Å²) in [7, 11) is 4.11. The molecule has 0 aliphatic heterocycles. The molecule has 0 amide bonds. The van der Waals surface area contributed by atoms with Crippen molar-refractivity contribution in [2.24, 2.45) is 11.3 Å². The van der Waals surface area contributed by atoms with Crippen LogP contribution in [-0.4, -0.2) is 31.3 Å². The van der Waals surface area contributed by atoms with Gasteiger partial charge in [0.05, 0.1) is 0 Å². The molecule has 1 spiro atoms. The molecule has 2 heteroatoms. The molecule has 1 atom stereocenters. The standard InChI is InChI=1S/C11H19NO/c1-12(2)8-9-7-11(5-6-11)4-3-10(9)13/h9H,3-8H2,1-2H3. The van der Waals surface area contributed by atoms with Crippen LogP contribution in [0.25, 0.3) is 0 Å². The Labute approximate surface area is 80.3 Å². The van der Waals surface area contributed by atoms with Crippen LogP contribution in [0, 0.1) is 11.3 Å². The van der Waals surface area contributed by atoms with Crippen molar-refractivity contribution in [3.05, 3.63) is 0 Å². The lowest BCUT2D eigenvalue weighted by atomic mass is 9.78. The second-order valence-corrected chi connectivity index (χ2v) is 5.13. The highest BCUT2D eigenvalue weighted by molar-refractivity contribution is 5.82. The zero-order valence-corrected chi connectivity index (χ0v) is 8.68. The van der Waals surface area contributed by atoms with Crippen LogP contribution in [0.1, 0.15) is 32.1 Å². The number of ketones is 1. The van der Waals surface area contributed by atoms with Crippen molar-refractivity contribution in [1.82, 2.24) is 4.90 Å². The van der Waals surface area contributed by atoms with Crippen LogP contribution in [0.15, 0.2) is 0 Å². The Morgan fingerprint density at radius 2 is 2.08 bits per heavy atom. The lowest BCUT2D eigenvalue weighted by Crippen LogP contribution is -2.33. The number of nitrogens with zero attached hydrogens (tertiary/aromatic N) is 1. The van der Waals surface area contributed by atoms with Gasteiger partial charge in [0.1, 0.15) is 5.78 Å². The van der Waals surface area contributed by atoms with Gasteiger partial charge in [-0.1, -0.05) is 0 Å². The molecule has 2 fully saturated rings. The number of Topliss-reactive ketones (excluding diaryl/α,β-unsaturated/α-hetero) is 1. The summed E-state index contributed by atoms with van der Waals surface area (Å²) in [6.07, 6.45) is 5.95. The summed E-state index contributed by atoms with van der Waals surface area (Å²) in [5.41, 5.74) is 0.620. The van der Waals surface area contributed by atoms with Crippen molar-refractivity contribution in [3.63, 3.8) is 0 Å². The summed E-state index contributed by atoms with van der Waals surface area (Å²) in [5.74, 6) is 0.845. The lowest BCUT2D eigenvalue weighted by molar-refractivity contribution is -0.126. The molecular formula is C11H19NO. The van der Waals surface area contributed by atoms with Crippen molar-refractivity contribution in [1.29, 1.82) is 0 Å². The first-order valence-electron chi connectivity index (χ1n) is 5.29. The maximum Gasteiger partial charge on any atom is 0.137 e. The topological polar surface area (TPSA) is 20.3 Å². The lowest BCUT2D eigenvalue weighted by Gasteiger charge is -2.29. The van der Waals surface area contributed by atoms with Crippen LogP contribution in [0.4, 0.5) is 0 Å².